The Bertz CT molecular complexity index is 1380. The number of methoxy groups -OCH3 is 1. The maximum absolute atomic E-state index is 13.1. The highest BCUT2D eigenvalue weighted by atomic mass is 35.5. The SMILES string of the molecule is COc1cccc(CNn2ccc(C)c(CC(=O)NCc3cc(Cl)ccc3CNC(=O)OC(C)(C)C)c2=O)c1. The zero-order valence-electron chi connectivity index (χ0n) is 22.9. The molecule has 0 unspecified atom stereocenters. The average molecular weight is 555 g/mol. The van der Waals surface area contributed by atoms with Crippen LogP contribution in [0.15, 0.2) is 59.5 Å². The quantitative estimate of drug-likeness (QED) is 0.341. The van der Waals surface area contributed by atoms with Gasteiger partial charge in [0.25, 0.3) is 5.56 Å². The van der Waals surface area contributed by atoms with Gasteiger partial charge in [0.15, 0.2) is 0 Å². The van der Waals surface area contributed by atoms with E-state index < -0.39 is 11.7 Å². The fourth-order valence-electron chi connectivity index (χ4n) is 3.80. The van der Waals surface area contributed by atoms with Crippen LogP contribution in [0.5, 0.6) is 5.75 Å². The topological polar surface area (TPSA) is 111 Å². The Kier molecular flexibility index (Phi) is 10.0. The molecule has 3 rings (SSSR count). The number of aromatic nitrogens is 1. The van der Waals surface area contributed by atoms with E-state index in [1.165, 1.54) is 4.68 Å². The minimum Gasteiger partial charge on any atom is -0.497 e. The molecule has 0 spiro atoms. The first-order valence-electron chi connectivity index (χ1n) is 12.5. The third-order valence-corrected chi connectivity index (χ3v) is 6.05. The van der Waals surface area contributed by atoms with E-state index in [1.54, 1.807) is 65.3 Å². The number of nitrogens with one attached hydrogen (secondary N) is 3. The molecule has 0 bridgehead atoms. The number of nitrogens with zero attached hydrogens (tertiary/aromatic N) is 1. The lowest BCUT2D eigenvalue weighted by molar-refractivity contribution is -0.120. The third kappa shape index (κ3) is 9.07. The van der Waals surface area contributed by atoms with Gasteiger partial charge in [-0.2, -0.15) is 0 Å². The highest BCUT2D eigenvalue weighted by Gasteiger charge is 2.17. The van der Waals surface area contributed by atoms with E-state index in [0.29, 0.717) is 17.1 Å². The van der Waals surface area contributed by atoms with E-state index in [-0.39, 0.29) is 31.0 Å². The molecule has 0 aliphatic heterocycles. The second-order valence-corrected chi connectivity index (χ2v) is 10.5. The number of halogens is 1. The Hall–Kier alpha value is -3.98. The summed E-state index contributed by atoms with van der Waals surface area (Å²) in [7, 11) is 1.60. The molecule has 2 aromatic carbocycles. The molecule has 0 saturated carbocycles. The van der Waals surface area contributed by atoms with Crippen LogP contribution in [-0.2, 0) is 35.6 Å². The molecule has 0 fully saturated rings. The number of ether oxygens (including phenoxy) is 2. The van der Waals surface area contributed by atoms with E-state index >= 15 is 0 Å². The summed E-state index contributed by atoms with van der Waals surface area (Å²) in [6.45, 7) is 7.95. The molecule has 3 aromatic rings. The lowest BCUT2D eigenvalue weighted by Crippen LogP contribution is -2.34. The first-order chi connectivity index (χ1) is 18.4. The van der Waals surface area contributed by atoms with E-state index in [1.807, 2.05) is 24.3 Å². The minimum atomic E-state index is -0.611. The largest absolute Gasteiger partial charge is 0.497 e. The molecular formula is C29H35ClN4O5. The van der Waals surface area contributed by atoms with Crippen molar-refractivity contribution in [3.8, 4) is 5.75 Å². The predicted octanol–water partition coefficient (Wildman–Crippen LogP) is 4.45. The summed E-state index contributed by atoms with van der Waals surface area (Å²) in [6.07, 6.45) is 1.02. The highest BCUT2D eigenvalue weighted by Crippen LogP contribution is 2.17. The maximum Gasteiger partial charge on any atom is 0.407 e. The number of carbonyl (C=O) groups excluding carboxylic acids is 2. The van der Waals surface area contributed by atoms with Crippen LogP contribution in [0.2, 0.25) is 5.02 Å². The number of pyridine rings is 1. The summed E-state index contributed by atoms with van der Waals surface area (Å²) < 4.78 is 11.9. The van der Waals surface area contributed by atoms with E-state index in [4.69, 9.17) is 21.1 Å². The molecule has 9 nitrogen and oxygen atoms in total. The average Bonchev–Trinajstić information content (AvgIpc) is 2.88. The van der Waals surface area contributed by atoms with Gasteiger partial charge in [0, 0.05) is 29.9 Å². The number of amides is 2. The number of alkyl carbamates (subject to hydrolysis) is 1. The molecule has 0 aliphatic rings. The van der Waals surface area contributed by atoms with Crippen molar-refractivity contribution >= 4 is 23.6 Å². The predicted molar refractivity (Wildman–Crippen MR) is 152 cm³/mol. The molecular weight excluding hydrogens is 520 g/mol. The molecule has 1 aromatic heterocycles. The second-order valence-electron chi connectivity index (χ2n) is 10.1. The molecule has 10 heteroatoms. The zero-order chi connectivity index (χ0) is 28.6. The van der Waals surface area contributed by atoms with Gasteiger partial charge in [0.2, 0.25) is 5.91 Å². The summed E-state index contributed by atoms with van der Waals surface area (Å²) in [5, 5.41) is 6.08. The van der Waals surface area contributed by atoms with E-state index in [9.17, 15) is 14.4 Å². The van der Waals surface area contributed by atoms with Crippen LogP contribution in [0.25, 0.3) is 0 Å². The lowest BCUT2D eigenvalue weighted by Gasteiger charge is -2.20. The highest BCUT2D eigenvalue weighted by molar-refractivity contribution is 6.30. The molecule has 208 valence electrons. The van der Waals surface area contributed by atoms with Gasteiger partial charge in [-0.05, 0) is 80.3 Å². The summed E-state index contributed by atoms with van der Waals surface area (Å²) >= 11 is 6.18. The van der Waals surface area contributed by atoms with E-state index in [0.717, 1.165) is 28.0 Å². The Balaban J connectivity index is 1.64. The molecule has 2 amide bonds. The maximum atomic E-state index is 13.1. The van der Waals surface area contributed by atoms with Crippen LogP contribution < -0.4 is 26.4 Å². The molecule has 0 aliphatic carbocycles. The third-order valence-electron chi connectivity index (χ3n) is 5.82. The second kappa shape index (κ2) is 13.2. The van der Waals surface area contributed by atoms with Crippen molar-refractivity contribution in [2.75, 3.05) is 12.5 Å². The Morgan fingerprint density at radius 1 is 0.974 bits per heavy atom. The minimum absolute atomic E-state index is 0.0849. The van der Waals surface area contributed by atoms with Crippen molar-refractivity contribution in [1.82, 2.24) is 15.3 Å². The van der Waals surface area contributed by atoms with Crippen molar-refractivity contribution < 1.29 is 19.1 Å². The molecule has 0 radical (unpaired) electrons. The molecule has 39 heavy (non-hydrogen) atoms. The van der Waals surface area contributed by atoms with Gasteiger partial charge in [-0.1, -0.05) is 29.8 Å². The summed E-state index contributed by atoms with van der Waals surface area (Å²) in [5.74, 6) is 0.415. The van der Waals surface area contributed by atoms with Gasteiger partial charge in [0.1, 0.15) is 11.4 Å². The van der Waals surface area contributed by atoms with Crippen LogP contribution in [0.4, 0.5) is 4.79 Å². The molecule has 0 saturated heterocycles. The van der Waals surface area contributed by atoms with Crippen molar-refractivity contribution in [2.24, 2.45) is 0 Å². The Labute approximate surface area is 233 Å². The summed E-state index contributed by atoms with van der Waals surface area (Å²) in [6, 6.07) is 14.6. The molecule has 1 heterocycles. The fourth-order valence-corrected chi connectivity index (χ4v) is 3.99. The van der Waals surface area contributed by atoms with E-state index in [2.05, 4.69) is 16.1 Å². The Morgan fingerprint density at radius 2 is 1.72 bits per heavy atom. The van der Waals surface area contributed by atoms with Crippen molar-refractivity contribution in [1.29, 1.82) is 0 Å². The number of hydrogen-bond acceptors (Lipinski definition) is 6. The van der Waals surface area contributed by atoms with Gasteiger partial charge in [-0.3, -0.25) is 9.59 Å². The zero-order valence-corrected chi connectivity index (χ0v) is 23.6. The van der Waals surface area contributed by atoms with Gasteiger partial charge >= 0.3 is 6.09 Å². The van der Waals surface area contributed by atoms with Crippen molar-refractivity contribution in [2.45, 2.75) is 59.4 Å². The van der Waals surface area contributed by atoms with Gasteiger partial charge in [-0.25, -0.2) is 9.47 Å². The monoisotopic (exact) mass is 554 g/mol. The molecule has 0 atom stereocenters. The standard InChI is InChI=1S/C29H35ClN4O5/c1-19-11-12-34(33-16-20-7-6-8-24(13-20)38-5)27(36)25(19)15-26(35)31-18-22-14-23(30)10-9-21(22)17-32-28(37)39-29(2,3)4/h6-14,33H,15-18H2,1-5H3,(H,31,35)(H,32,37). The summed E-state index contributed by atoms with van der Waals surface area (Å²) in [5.41, 5.74) is 5.77. The van der Waals surface area contributed by atoms with Gasteiger partial charge in [0.05, 0.1) is 20.1 Å². The van der Waals surface area contributed by atoms with Crippen LogP contribution in [0.3, 0.4) is 0 Å². The summed E-state index contributed by atoms with van der Waals surface area (Å²) in [4.78, 5) is 38.0. The van der Waals surface area contributed by atoms with Gasteiger partial charge < -0.3 is 25.5 Å². The smallest absolute Gasteiger partial charge is 0.407 e. The first kappa shape index (κ1) is 29.6. The van der Waals surface area contributed by atoms with Crippen molar-refractivity contribution in [3.05, 3.63) is 97.9 Å². The van der Waals surface area contributed by atoms with Crippen LogP contribution in [0.1, 0.15) is 48.6 Å². The van der Waals surface area contributed by atoms with Crippen LogP contribution in [-0.4, -0.2) is 29.4 Å². The van der Waals surface area contributed by atoms with Crippen LogP contribution >= 0.6 is 11.6 Å². The van der Waals surface area contributed by atoms with Crippen LogP contribution in [0, 0.1) is 6.92 Å². The Morgan fingerprint density at radius 3 is 2.44 bits per heavy atom. The van der Waals surface area contributed by atoms with Gasteiger partial charge in [-0.15, -0.1) is 0 Å². The lowest BCUT2D eigenvalue weighted by atomic mass is 10.1. The van der Waals surface area contributed by atoms with Crippen molar-refractivity contribution in [3.63, 3.8) is 0 Å². The number of aryl methyl sites for hydroxylation is 1. The fraction of sp³-hybridized carbons (Fsp3) is 0.345. The normalized spacial score (nSPS) is 11.0. The first-order valence-corrected chi connectivity index (χ1v) is 12.9. The number of benzene rings is 2. The number of hydrogen-bond donors (Lipinski definition) is 3. The number of carbonyl (C=O) groups is 2. The molecule has 3 N–H and O–H groups in total. The number of rotatable bonds is 10.